The number of amides is 1. The molecule has 3 aromatic rings. The van der Waals surface area contributed by atoms with Crippen LogP contribution in [0.5, 0.6) is 5.75 Å². The van der Waals surface area contributed by atoms with E-state index in [2.05, 4.69) is 15.5 Å². The summed E-state index contributed by atoms with van der Waals surface area (Å²) in [6.07, 6.45) is 1.58. The molecule has 11 heteroatoms. The second-order valence-corrected chi connectivity index (χ2v) is 9.94. The summed E-state index contributed by atoms with van der Waals surface area (Å²) < 4.78 is 34.2. The number of hydrogen-bond donors (Lipinski definition) is 1. The van der Waals surface area contributed by atoms with E-state index in [-0.39, 0.29) is 16.6 Å². The van der Waals surface area contributed by atoms with Gasteiger partial charge in [-0.15, -0.1) is 10.2 Å². The quantitative estimate of drug-likeness (QED) is 0.435. The molecule has 33 heavy (non-hydrogen) atoms. The van der Waals surface area contributed by atoms with Crippen molar-refractivity contribution < 1.29 is 17.9 Å². The number of hydrogen-bond acceptors (Lipinski definition) is 7. The Kier molecular flexibility index (Phi) is 8.11. The number of rotatable bonds is 10. The molecule has 9 nitrogen and oxygen atoms in total. The number of sulfonamides is 1. The number of aryl methyl sites for hydroxylation is 1. The van der Waals surface area contributed by atoms with Gasteiger partial charge in [0.05, 0.1) is 17.8 Å². The van der Waals surface area contributed by atoms with E-state index in [1.54, 1.807) is 50.9 Å². The molecular formula is C22H27N5O4S2. The van der Waals surface area contributed by atoms with Crippen LogP contribution in [0.25, 0.3) is 5.69 Å². The molecule has 0 atom stereocenters. The Hall–Kier alpha value is -2.89. The molecule has 1 heterocycles. The Morgan fingerprint density at radius 1 is 1.15 bits per heavy atom. The SMILES string of the molecule is CCN(CC)S(=O)(=O)c1cc(NC(=O)CSc2nncn2-c2ccc(OC)cc2)ccc1C. The van der Waals surface area contributed by atoms with Crippen LogP contribution in [0.2, 0.25) is 0 Å². The van der Waals surface area contributed by atoms with E-state index in [0.29, 0.717) is 29.5 Å². The van der Waals surface area contributed by atoms with Gasteiger partial charge in [0.25, 0.3) is 0 Å². The van der Waals surface area contributed by atoms with Crippen molar-refractivity contribution in [3.63, 3.8) is 0 Å². The highest BCUT2D eigenvalue weighted by Crippen LogP contribution is 2.25. The van der Waals surface area contributed by atoms with Crippen LogP contribution >= 0.6 is 11.8 Å². The Morgan fingerprint density at radius 3 is 2.48 bits per heavy atom. The zero-order valence-corrected chi connectivity index (χ0v) is 20.6. The van der Waals surface area contributed by atoms with Crippen LogP contribution in [0.3, 0.4) is 0 Å². The van der Waals surface area contributed by atoms with Gasteiger partial charge >= 0.3 is 0 Å². The smallest absolute Gasteiger partial charge is 0.243 e. The maximum atomic E-state index is 12.9. The topological polar surface area (TPSA) is 106 Å². The number of aromatic nitrogens is 3. The standard InChI is InChI=1S/C22H27N5O4S2/c1-5-26(6-2)33(29,30)20-13-17(8-7-16(20)3)24-21(28)14-32-22-25-23-15-27(22)18-9-11-19(31-4)12-10-18/h7-13,15H,5-6,14H2,1-4H3,(H,24,28). The van der Waals surface area contributed by atoms with Gasteiger partial charge in [0.15, 0.2) is 5.16 Å². The zero-order valence-electron chi connectivity index (χ0n) is 19.0. The van der Waals surface area contributed by atoms with Crippen LogP contribution < -0.4 is 10.1 Å². The van der Waals surface area contributed by atoms with Crippen molar-refractivity contribution in [2.45, 2.75) is 30.8 Å². The van der Waals surface area contributed by atoms with Gasteiger partial charge in [-0.2, -0.15) is 4.31 Å². The summed E-state index contributed by atoms with van der Waals surface area (Å²) in [5, 5.41) is 11.4. The van der Waals surface area contributed by atoms with Gasteiger partial charge in [-0.25, -0.2) is 8.42 Å². The molecule has 0 aliphatic heterocycles. The molecule has 0 bridgehead atoms. The van der Waals surface area contributed by atoms with Gasteiger partial charge in [-0.1, -0.05) is 31.7 Å². The van der Waals surface area contributed by atoms with Crippen molar-refractivity contribution in [2.75, 3.05) is 31.3 Å². The molecule has 1 aromatic heterocycles. The highest BCUT2D eigenvalue weighted by Gasteiger charge is 2.24. The molecule has 1 N–H and O–H groups in total. The van der Waals surface area contributed by atoms with Crippen molar-refractivity contribution in [2.24, 2.45) is 0 Å². The molecular weight excluding hydrogens is 462 g/mol. The van der Waals surface area contributed by atoms with Crippen molar-refractivity contribution >= 4 is 33.4 Å². The number of thioether (sulfide) groups is 1. The highest BCUT2D eigenvalue weighted by atomic mass is 32.2. The zero-order chi connectivity index (χ0) is 24.0. The van der Waals surface area contributed by atoms with Crippen molar-refractivity contribution in [3.05, 3.63) is 54.4 Å². The van der Waals surface area contributed by atoms with Gasteiger partial charge in [-0.05, 0) is 48.9 Å². The molecule has 0 unspecified atom stereocenters. The van der Waals surface area contributed by atoms with Gasteiger partial charge in [0.1, 0.15) is 12.1 Å². The molecule has 1 amide bonds. The third-order valence-corrected chi connectivity index (χ3v) is 8.13. The second kappa shape index (κ2) is 10.8. The molecule has 0 aliphatic rings. The summed E-state index contributed by atoms with van der Waals surface area (Å²) in [6, 6.07) is 12.3. The molecule has 0 spiro atoms. The van der Waals surface area contributed by atoms with E-state index < -0.39 is 10.0 Å². The van der Waals surface area contributed by atoms with E-state index in [4.69, 9.17) is 4.74 Å². The Balaban J connectivity index is 1.70. The molecule has 0 saturated heterocycles. The molecule has 0 radical (unpaired) electrons. The molecule has 176 valence electrons. The van der Waals surface area contributed by atoms with Crippen molar-refractivity contribution in [1.82, 2.24) is 19.1 Å². The second-order valence-electron chi connectivity index (χ2n) is 7.09. The number of nitrogens with one attached hydrogen (secondary N) is 1. The van der Waals surface area contributed by atoms with Crippen LogP contribution in [0.1, 0.15) is 19.4 Å². The fourth-order valence-electron chi connectivity index (χ4n) is 3.23. The van der Waals surface area contributed by atoms with Crippen molar-refractivity contribution in [1.29, 1.82) is 0 Å². The van der Waals surface area contributed by atoms with Crippen LogP contribution in [-0.2, 0) is 14.8 Å². The first-order valence-electron chi connectivity index (χ1n) is 10.4. The van der Waals surface area contributed by atoms with Gasteiger partial charge in [-0.3, -0.25) is 9.36 Å². The molecule has 0 aliphatic carbocycles. The molecule has 2 aromatic carbocycles. The number of methoxy groups -OCH3 is 1. The lowest BCUT2D eigenvalue weighted by Crippen LogP contribution is -2.31. The number of benzene rings is 2. The van der Waals surface area contributed by atoms with Gasteiger partial charge in [0.2, 0.25) is 15.9 Å². The van der Waals surface area contributed by atoms with E-state index in [9.17, 15) is 13.2 Å². The summed E-state index contributed by atoms with van der Waals surface area (Å²) in [5.74, 6) is 0.543. The van der Waals surface area contributed by atoms with E-state index >= 15 is 0 Å². The highest BCUT2D eigenvalue weighted by molar-refractivity contribution is 7.99. The maximum Gasteiger partial charge on any atom is 0.243 e. The average Bonchev–Trinajstić information content (AvgIpc) is 3.28. The van der Waals surface area contributed by atoms with Gasteiger partial charge in [0, 0.05) is 24.5 Å². The lowest BCUT2D eigenvalue weighted by molar-refractivity contribution is -0.113. The van der Waals surface area contributed by atoms with Crippen molar-refractivity contribution in [3.8, 4) is 11.4 Å². The lowest BCUT2D eigenvalue weighted by Gasteiger charge is -2.20. The summed E-state index contributed by atoms with van der Waals surface area (Å²) >= 11 is 1.23. The van der Waals surface area contributed by atoms with Gasteiger partial charge < -0.3 is 10.1 Å². The minimum Gasteiger partial charge on any atom is -0.497 e. The van der Waals surface area contributed by atoms with Crippen LogP contribution in [0, 0.1) is 6.92 Å². The summed E-state index contributed by atoms with van der Waals surface area (Å²) in [6.45, 7) is 6.08. The first-order valence-corrected chi connectivity index (χ1v) is 12.8. The minimum absolute atomic E-state index is 0.0842. The number of carbonyl (C=O) groups excluding carboxylic acids is 1. The molecule has 0 saturated carbocycles. The summed E-state index contributed by atoms with van der Waals surface area (Å²) in [7, 11) is -2.03. The summed E-state index contributed by atoms with van der Waals surface area (Å²) in [4.78, 5) is 12.8. The number of carbonyl (C=O) groups is 1. The Labute approximate surface area is 198 Å². The largest absolute Gasteiger partial charge is 0.497 e. The molecule has 0 fully saturated rings. The van der Waals surface area contributed by atoms with E-state index in [1.165, 1.54) is 22.1 Å². The minimum atomic E-state index is -3.63. The monoisotopic (exact) mass is 489 g/mol. The normalized spacial score (nSPS) is 11.5. The average molecular weight is 490 g/mol. The third kappa shape index (κ3) is 5.73. The molecule has 3 rings (SSSR count). The number of anilines is 1. The maximum absolute atomic E-state index is 12.9. The Morgan fingerprint density at radius 2 is 1.85 bits per heavy atom. The summed E-state index contributed by atoms with van der Waals surface area (Å²) in [5.41, 5.74) is 1.89. The lowest BCUT2D eigenvalue weighted by atomic mass is 10.2. The van der Waals surface area contributed by atoms with E-state index in [1.807, 2.05) is 24.3 Å². The number of ether oxygens (including phenoxy) is 1. The predicted molar refractivity (Wildman–Crippen MR) is 129 cm³/mol. The van der Waals surface area contributed by atoms with Crippen LogP contribution in [0.15, 0.2) is 58.8 Å². The Bertz CT molecular complexity index is 1210. The first kappa shape index (κ1) is 24.7. The number of nitrogens with zero attached hydrogens (tertiary/aromatic N) is 4. The van der Waals surface area contributed by atoms with Crippen LogP contribution in [-0.4, -0.2) is 59.3 Å². The fourth-order valence-corrected chi connectivity index (χ4v) is 5.67. The van der Waals surface area contributed by atoms with Crippen LogP contribution in [0.4, 0.5) is 5.69 Å². The first-order chi connectivity index (χ1) is 15.8. The third-order valence-electron chi connectivity index (χ3n) is 4.99. The van der Waals surface area contributed by atoms with E-state index in [0.717, 1.165) is 11.4 Å². The predicted octanol–water partition coefficient (Wildman–Crippen LogP) is 3.35. The fraction of sp³-hybridized carbons (Fsp3) is 0.318.